The predicted molar refractivity (Wildman–Crippen MR) is 118 cm³/mol. The van der Waals surface area contributed by atoms with Crippen LogP contribution in [0, 0.1) is 0 Å². The molecular weight excluding hydrogens is 493 g/mol. The predicted octanol–water partition coefficient (Wildman–Crippen LogP) is 2.29. The molecule has 2 aliphatic rings. The molecule has 1 unspecified atom stereocenters. The monoisotopic (exact) mass is 516 g/mol. The molecule has 4 heterocycles. The minimum absolute atomic E-state index is 0.0106. The van der Waals surface area contributed by atoms with Crippen LogP contribution >= 0.6 is 11.6 Å². The summed E-state index contributed by atoms with van der Waals surface area (Å²) in [6.45, 7) is 3.47. The van der Waals surface area contributed by atoms with Crippen LogP contribution in [0.3, 0.4) is 0 Å². The van der Waals surface area contributed by atoms with Crippen LogP contribution < -0.4 is 15.2 Å². The highest BCUT2D eigenvalue weighted by Crippen LogP contribution is 2.29. The molecule has 0 spiro atoms. The summed E-state index contributed by atoms with van der Waals surface area (Å²) >= 11 is 5.90. The topological polar surface area (TPSA) is 114 Å². The smallest absolute Gasteiger partial charge is 0.419 e. The van der Waals surface area contributed by atoms with Gasteiger partial charge in [0, 0.05) is 44.5 Å². The van der Waals surface area contributed by atoms with E-state index in [1.807, 2.05) is 4.90 Å². The van der Waals surface area contributed by atoms with Gasteiger partial charge in [0.25, 0.3) is 11.5 Å². The van der Waals surface area contributed by atoms with E-state index in [1.165, 1.54) is 6.20 Å². The summed E-state index contributed by atoms with van der Waals surface area (Å²) in [6.07, 6.45) is -0.833. The van der Waals surface area contributed by atoms with Gasteiger partial charge in [-0.25, -0.2) is 15.1 Å². The fourth-order valence-corrected chi connectivity index (χ4v) is 4.29. The lowest BCUT2D eigenvalue weighted by Gasteiger charge is -2.36. The van der Waals surface area contributed by atoms with Crippen LogP contribution in [0.1, 0.15) is 31.7 Å². The highest BCUT2D eigenvalue weighted by atomic mass is 35.5. The van der Waals surface area contributed by atoms with Gasteiger partial charge in [-0.2, -0.15) is 18.3 Å². The van der Waals surface area contributed by atoms with Crippen LogP contribution in [0.15, 0.2) is 23.4 Å². The van der Waals surface area contributed by atoms with E-state index in [0.717, 1.165) is 12.4 Å². The van der Waals surface area contributed by atoms with Crippen molar-refractivity contribution in [3.8, 4) is 5.75 Å². The molecule has 35 heavy (non-hydrogen) atoms. The van der Waals surface area contributed by atoms with E-state index >= 15 is 0 Å². The van der Waals surface area contributed by atoms with Gasteiger partial charge in [0.1, 0.15) is 12.2 Å². The fourth-order valence-electron chi connectivity index (χ4n) is 4.15. The highest BCUT2D eigenvalue weighted by Gasteiger charge is 2.38. The second-order valence-corrected chi connectivity index (χ2v) is 8.81. The summed E-state index contributed by atoms with van der Waals surface area (Å²) in [5.41, 5.74) is -1.45. The summed E-state index contributed by atoms with van der Waals surface area (Å²) in [4.78, 5) is 35.7. The minimum Gasteiger partial charge on any atom is -0.485 e. The highest BCUT2D eigenvalue weighted by molar-refractivity contribution is 6.31. The van der Waals surface area contributed by atoms with Crippen molar-refractivity contribution in [1.29, 1.82) is 0 Å². The number of H-pyrrole nitrogens is 1. The van der Waals surface area contributed by atoms with Crippen LogP contribution in [0.2, 0.25) is 5.02 Å². The Morgan fingerprint density at radius 1 is 1.14 bits per heavy atom. The minimum atomic E-state index is -4.48. The molecule has 0 radical (unpaired) electrons. The standard InChI is InChI=1S/C21H24ClF3N6O4/c1-12(35-16-10-28-29-18(32)17(16)22)11-34-15-4-7-31(19(15)33)14-2-5-30(6-3-14)20-26-8-13(9-27-20)21(23,24)25/h8-10,12,14-15H,2-7,11H2,1H3,(H,29,32)/t12?,15-/m1/s1. The van der Waals surface area contributed by atoms with Crippen LogP contribution in [0.5, 0.6) is 5.75 Å². The van der Waals surface area contributed by atoms with E-state index in [4.69, 9.17) is 21.1 Å². The largest absolute Gasteiger partial charge is 0.485 e. The number of aromatic nitrogens is 4. The number of nitrogens with zero attached hydrogens (tertiary/aromatic N) is 5. The SMILES string of the molecule is CC(CO[C@@H]1CCN(C2CCN(c3ncc(C(F)(F)F)cn3)CC2)C1=O)Oc1cn[nH]c(=O)c1Cl. The molecule has 10 nitrogen and oxygen atoms in total. The number of nitrogens with one attached hydrogen (secondary N) is 1. The van der Waals surface area contributed by atoms with Crippen molar-refractivity contribution in [1.82, 2.24) is 25.1 Å². The lowest BCUT2D eigenvalue weighted by atomic mass is 10.0. The van der Waals surface area contributed by atoms with E-state index in [-0.39, 0.29) is 35.3 Å². The van der Waals surface area contributed by atoms with Gasteiger partial charge in [0.15, 0.2) is 10.8 Å². The third kappa shape index (κ3) is 5.84. The first kappa shape index (κ1) is 25.2. The van der Waals surface area contributed by atoms with E-state index in [9.17, 15) is 22.8 Å². The Labute approximate surface area is 203 Å². The number of rotatable bonds is 7. The molecule has 4 rings (SSSR count). The first-order chi connectivity index (χ1) is 16.6. The van der Waals surface area contributed by atoms with Crippen molar-refractivity contribution < 1.29 is 27.4 Å². The summed E-state index contributed by atoms with van der Waals surface area (Å²) < 4.78 is 49.5. The maximum absolute atomic E-state index is 12.9. The van der Waals surface area contributed by atoms with Crippen molar-refractivity contribution in [2.24, 2.45) is 0 Å². The summed E-state index contributed by atoms with van der Waals surface area (Å²) in [7, 11) is 0. The zero-order valence-corrected chi connectivity index (χ0v) is 19.6. The lowest BCUT2D eigenvalue weighted by Crippen LogP contribution is -2.47. The summed E-state index contributed by atoms with van der Waals surface area (Å²) in [5, 5.41) is 5.74. The lowest BCUT2D eigenvalue weighted by molar-refractivity contribution is -0.140. The normalized spacial score (nSPS) is 20.4. The Morgan fingerprint density at radius 3 is 2.49 bits per heavy atom. The zero-order chi connectivity index (χ0) is 25.2. The number of carbonyl (C=O) groups is 1. The van der Waals surface area contributed by atoms with Gasteiger partial charge in [0.05, 0.1) is 18.4 Å². The summed E-state index contributed by atoms with van der Waals surface area (Å²) in [5.74, 6) is 0.280. The Balaban J connectivity index is 1.24. The van der Waals surface area contributed by atoms with E-state index < -0.39 is 29.5 Å². The zero-order valence-electron chi connectivity index (χ0n) is 18.8. The third-order valence-corrected chi connectivity index (χ3v) is 6.33. The van der Waals surface area contributed by atoms with Crippen LogP contribution in [0.25, 0.3) is 0 Å². The second-order valence-electron chi connectivity index (χ2n) is 8.44. The van der Waals surface area contributed by atoms with Crippen molar-refractivity contribution in [3.63, 3.8) is 0 Å². The fraction of sp³-hybridized carbons (Fsp3) is 0.571. The van der Waals surface area contributed by atoms with Gasteiger partial charge in [-0.3, -0.25) is 9.59 Å². The number of hydrogen-bond donors (Lipinski definition) is 1. The molecule has 14 heteroatoms. The van der Waals surface area contributed by atoms with Gasteiger partial charge >= 0.3 is 6.18 Å². The third-order valence-electron chi connectivity index (χ3n) is 5.97. The number of ether oxygens (including phenoxy) is 2. The van der Waals surface area contributed by atoms with Crippen molar-refractivity contribution in [3.05, 3.63) is 39.5 Å². The molecule has 2 aromatic heterocycles. The first-order valence-electron chi connectivity index (χ1n) is 11.1. The first-order valence-corrected chi connectivity index (χ1v) is 11.5. The molecule has 2 fully saturated rings. The van der Waals surface area contributed by atoms with E-state index in [2.05, 4.69) is 20.2 Å². The Bertz CT molecular complexity index is 1090. The Hall–Kier alpha value is -2.93. The maximum Gasteiger partial charge on any atom is 0.419 e. The molecule has 2 aliphatic heterocycles. The van der Waals surface area contributed by atoms with Gasteiger partial charge in [-0.05, 0) is 19.8 Å². The number of alkyl halides is 3. The molecule has 2 aromatic rings. The molecule has 0 aromatic carbocycles. The number of halogens is 4. The molecule has 1 N–H and O–H groups in total. The molecule has 2 saturated heterocycles. The number of aromatic amines is 1. The van der Waals surface area contributed by atoms with Crippen molar-refractivity contribution >= 4 is 23.5 Å². The number of anilines is 1. The molecule has 1 amide bonds. The molecule has 0 bridgehead atoms. The van der Waals surface area contributed by atoms with Gasteiger partial charge in [0.2, 0.25) is 5.95 Å². The average molecular weight is 517 g/mol. The second kappa shape index (κ2) is 10.4. The molecule has 190 valence electrons. The quantitative estimate of drug-likeness (QED) is 0.596. The van der Waals surface area contributed by atoms with Crippen molar-refractivity contribution in [2.45, 2.75) is 50.6 Å². The number of carbonyl (C=O) groups excluding carboxylic acids is 1. The van der Waals surface area contributed by atoms with Gasteiger partial charge in [-0.1, -0.05) is 11.6 Å². The Morgan fingerprint density at radius 2 is 1.83 bits per heavy atom. The number of hydrogen-bond acceptors (Lipinski definition) is 8. The summed E-state index contributed by atoms with van der Waals surface area (Å²) in [6, 6.07) is 0.0106. The van der Waals surface area contributed by atoms with E-state index in [0.29, 0.717) is 38.9 Å². The maximum atomic E-state index is 12.9. The Kier molecular flexibility index (Phi) is 7.45. The van der Waals surface area contributed by atoms with Crippen LogP contribution in [-0.2, 0) is 15.7 Å². The van der Waals surface area contributed by atoms with Crippen LogP contribution in [0.4, 0.5) is 19.1 Å². The molecule has 0 aliphatic carbocycles. The molecular formula is C21H24ClF3N6O4. The van der Waals surface area contributed by atoms with Crippen molar-refractivity contribution in [2.75, 3.05) is 31.1 Å². The number of piperidine rings is 1. The number of amides is 1. The average Bonchev–Trinajstić information content (AvgIpc) is 3.20. The van der Waals surface area contributed by atoms with Gasteiger partial charge in [-0.15, -0.1) is 0 Å². The van der Waals surface area contributed by atoms with E-state index in [1.54, 1.807) is 11.8 Å². The van der Waals surface area contributed by atoms with Crippen LogP contribution in [-0.4, -0.2) is 75.5 Å². The van der Waals surface area contributed by atoms with Gasteiger partial charge < -0.3 is 19.3 Å². The molecule has 2 atom stereocenters. The number of likely N-dealkylation sites (tertiary alicyclic amines) is 1. The molecule has 0 saturated carbocycles.